The summed E-state index contributed by atoms with van der Waals surface area (Å²) >= 11 is 1.32. The number of alkyl halides is 2. The zero-order valence-electron chi connectivity index (χ0n) is 19.7. The van der Waals surface area contributed by atoms with E-state index in [1.165, 1.54) is 18.3 Å². The summed E-state index contributed by atoms with van der Waals surface area (Å²) in [4.78, 5) is 21.6. The lowest BCUT2D eigenvalue weighted by atomic mass is 9.60. The van der Waals surface area contributed by atoms with Gasteiger partial charge in [0.1, 0.15) is 17.5 Å². The lowest BCUT2D eigenvalue weighted by Crippen LogP contribution is -2.61. The van der Waals surface area contributed by atoms with E-state index in [-0.39, 0.29) is 0 Å². The van der Waals surface area contributed by atoms with Crippen LogP contribution in [0.4, 0.5) is 14.6 Å². The highest BCUT2D eigenvalue weighted by Crippen LogP contribution is 2.56. The predicted molar refractivity (Wildman–Crippen MR) is 133 cm³/mol. The molecule has 0 spiro atoms. The van der Waals surface area contributed by atoms with Crippen LogP contribution in [0.15, 0.2) is 59.6 Å². The minimum absolute atomic E-state index is 0.388. The van der Waals surface area contributed by atoms with E-state index in [1.807, 2.05) is 18.2 Å². The number of benzene rings is 1. The third kappa shape index (κ3) is 4.05. The van der Waals surface area contributed by atoms with Gasteiger partial charge in [-0.1, -0.05) is 37.3 Å². The molecule has 0 unspecified atom stereocenters. The molecule has 0 radical (unpaired) electrons. The highest BCUT2D eigenvalue weighted by Gasteiger charge is 2.68. The number of hydrogen-bond acceptors (Lipinski definition) is 7. The summed E-state index contributed by atoms with van der Waals surface area (Å²) in [5.74, 6) is -5.56. The standard InChI is InChI=1S/C27H24F2N4O2S/c1-16-21(10-9-20-8-7-19(12-31-20)22-6-4-3-5-18(22)11-30)24-17(2)35-25(34)26(24,14-27(16,28)29)33-23-13-36-15-32-23/h3-10,12-13,15-17,21,24,33H,14H2,1-2H3/b10-9+/t16-,17+,21-,24-,26-/m0/s1. The summed E-state index contributed by atoms with van der Waals surface area (Å²) < 4.78 is 36.2. The van der Waals surface area contributed by atoms with Crippen molar-refractivity contribution in [2.45, 2.75) is 37.8 Å². The average molecular weight is 507 g/mol. The van der Waals surface area contributed by atoms with Gasteiger partial charge >= 0.3 is 5.97 Å². The largest absolute Gasteiger partial charge is 0.460 e. The molecule has 5 rings (SSSR count). The number of nitriles is 1. The molecule has 1 saturated heterocycles. The van der Waals surface area contributed by atoms with Crippen molar-refractivity contribution in [1.82, 2.24) is 9.97 Å². The summed E-state index contributed by atoms with van der Waals surface area (Å²) in [7, 11) is 0. The van der Waals surface area contributed by atoms with E-state index in [4.69, 9.17) is 4.74 Å². The number of pyridine rings is 1. The number of aromatic nitrogens is 2. The molecule has 5 atom stereocenters. The molecule has 36 heavy (non-hydrogen) atoms. The number of nitrogens with zero attached hydrogens (tertiary/aromatic N) is 3. The van der Waals surface area contributed by atoms with Gasteiger partial charge < -0.3 is 10.1 Å². The van der Waals surface area contributed by atoms with Gasteiger partial charge in [-0.2, -0.15) is 5.26 Å². The summed E-state index contributed by atoms with van der Waals surface area (Å²) in [6.45, 7) is 3.27. The number of carbonyl (C=O) groups excluding carboxylic acids is 1. The number of fused-ring (bicyclic) bond motifs is 1. The first-order chi connectivity index (χ1) is 17.2. The second-order valence-corrected chi connectivity index (χ2v) is 10.1. The molecule has 6 nitrogen and oxygen atoms in total. The Balaban J connectivity index is 1.47. The van der Waals surface area contributed by atoms with Gasteiger partial charge in [0.2, 0.25) is 0 Å². The lowest BCUT2D eigenvalue weighted by molar-refractivity contribution is -0.153. The number of ether oxygens (including phenoxy) is 1. The van der Waals surface area contributed by atoms with E-state index in [1.54, 1.807) is 54.4 Å². The molecule has 1 saturated carbocycles. The molecule has 2 fully saturated rings. The number of halogens is 2. The quantitative estimate of drug-likeness (QED) is 0.441. The van der Waals surface area contributed by atoms with Gasteiger partial charge in [0, 0.05) is 41.0 Å². The molecule has 3 heterocycles. The van der Waals surface area contributed by atoms with Crippen molar-refractivity contribution >= 4 is 29.2 Å². The first kappa shape index (κ1) is 24.1. The van der Waals surface area contributed by atoms with Crippen LogP contribution in [0.5, 0.6) is 0 Å². The van der Waals surface area contributed by atoms with Crippen LogP contribution in [0.1, 0.15) is 31.5 Å². The van der Waals surface area contributed by atoms with Gasteiger partial charge in [-0.25, -0.2) is 18.6 Å². The van der Waals surface area contributed by atoms with Crippen molar-refractivity contribution in [1.29, 1.82) is 5.26 Å². The summed E-state index contributed by atoms with van der Waals surface area (Å²) in [6, 6.07) is 13.1. The minimum Gasteiger partial charge on any atom is -0.460 e. The molecule has 3 aromatic rings. The topological polar surface area (TPSA) is 87.9 Å². The minimum atomic E-state index is -3.10. The van der Waals surface area contributed by atoms with Gasteiger partial charge in [0.25, 0.3) is 5.92 Å². The van der Waals surface area contributed by atoms with Gasteiger partial charge in [0.15, 0.2) is 0 Å². The third-order valence-corrected chi connectivity index (χ3v) is 7.91. The van der Waals surface area contributed by atoms with E-state index in [9.17, 15) is 10.1 Å². The number of carbonyl (C=O) groups is 1. The molecule has 2 aromatic heterocycles. The number of thiazole rings is 1. The molecule has 9 heteroatoms. The van der Waals surface area contributed by atoms with E-state index in [2.05, 4.69) is 21.4 Å². The van der Waals surface area contributed by atoms with E-state index in [0.29, 0.717) is 17.1 Å². The summed E-state index contributed by atoms with van der Waals surface area (Å²) in [6.07, 6.45) is 3.90. The van der Waals surface area contributed by atoms with E-state index < -0.39 is 47.7 Å². The molecule has 0 amide bonds. The molecule has 2 aliphatic rings. The van der Waals surface area contributed by atoms with Crippen molar-refractivity contribution in [2.24, 2.45) is 17.8 Å². The van der Waals surface area contributed by atoms with Crippen LogP contribution in [0.2, 0.25) is 0 Å². The fourth-order valence-electron chi connectivity index (χ4n) is 5.51. The smallest absolute Gasteiger partial charge is 0.332 e. The fraction of sp³-hybridized carbons (Fsp3) is 0.333. The van der Waals surface area contributed by atoms with Crippen LogP contribution in [0, 0.1) is 29.1 Å². The van der Waals surface area contributed by atoms with Crippen LogP contribution in [-0.2, 0) is 9.53 Å². The molecular weight excluding hydrogens is 482 g/mol. The summed E-state index contributed by atoms with van der Waals surface area (Å²) in [5.41, 5.74) is 2.71. The SMILES string of the molecule is C[C@H]1OC(=O)[C@]2(Nc3cscn3)CC(F)(F)[C@@H](C)[C@H](/C=C/c3ccc(-c4ccccc4C#N)cn3)[C@H]12. The van der Waals surface area contributed by atoms with Crippen LogP contribution in [0.25, 0.3) is 17.2 Å². The summed E-state index contributed by atoms with van der Waals surface area (Å²) in [5, 5.41) is 14.1. The zero-order valence-corrected chi connectivity index (χ0v) is 20.5. The predicted octanol–water partition coefficient (Wildman–Crippen LogP) is 5.79. The number of esters is 1. The van der Waals surface area contributed by atoms with Gasteiger partial charge in [-0.05, 0) is 31.1 Å². The first-order valence-electron chi connectivity index (χ1n) is 11.6. The fourth-order valence-corrected chi connectivity index (χ4v) is 6.00. The highest BCUT2D eigenvalue weighted by molar-refractivity contribution is 7.07. The van der Waals surface area contributed by atoms with Gasteiger partial charge in [-0.3, -0.25) is 4.98 Å². The molecule has 184 valence electrons. The maximum atomic E-state index is 15.4. The Morgan fingerprint density at radius 3 is 2.72 bits per heavy atom. The Morgan fingerprint density at radius 1 is 1.22 bits per heavy atom. The van der Waals surface area contributed by atoms with Crippen molar-refractivity contribution in [2.75, 3.05) is 5.32 Å². The van der Waals surface area contributed by atoms with Crippen LogP contribution in [0.3, 0.4) is 0 Å². The second kappa shape index (κ2) is 9.10. The molecule has 1 aromatic carbocycles. The first-order valence-corrected chi connectivity index (χ1v) is 12.6. The Kier molecular flexibility index (Phi) is 6.08. The van der Waals surface area contributed by atoms with Crippen molar-refractivity contribution < 1.29 is 18.3 Å². The highest BCUT2D eigenvalue weighted by atomic mass is 32.1. The number of allylic oxidation sites excluding steroid dienone is 1. The average Bonchev–Trinajstić information content (AvgIpc) is 3.45. The number of anilines is 1. The number of nitrogens with one attached hydrogen (secondary N) is 1. The molecule has 1 aliphatic carbocycles. The second-order valence-electron chi connectivity index (χ2n) is 9.40. The normalized spacial score (nSPS) is 28.9. The van der Waals surface area contributed by atoms with Crippen molar-refractivity contribution in [3.05, 3.63) is 70.8 Å². The molecular formula is C27H24F2N4O2S. The Labute approximate surface area is 211 Å². The van der Waals surface area contributed by atoms with Crippen molar-refractivity contribution in [3.63, 3.8) is 0 Å². The van der Waals surface area contributed by atoms with E-state index in [0.717, 1.165) is 11.1 Å². The molecule has 1 aliphatic heterocycles. The number of cyclic esters (lactones) is 1. The third-order valence-electron chi connectivity index (χ3n) is 7.32. The molecule has 1 N–H and O–H groups in total. The zero-order chi connectivity index (χ0) is 25.5. The van der Waals surface area contributed by atoms with Crippen molar-refractivity contribution in [3.8, 4) is 17.2 Å². The van der Waals surface area contributed by atoms with Crippen LogP contribution >= 0.6 is 11.3 Å². The molecule has 0 bridgehead atoms. The monoisotopic (exact) mass is 506 g/mol. The number of hydrogen-bond donors (Lipinski definition) is 1. The van der Waals surface area contributed by atoms with Gasteiger partial charge in [-0.15, -0.1) is 11.3 Å². The Hall–Kier alpha value is -3.64. The van der Waals surface area contributed by atoms with Crippen LogP contribution < -0.4 is 5.32 Å². The lowest BCUT2D eigenvalue weighted by Gasteiger charge is -2.48. The van der Waals surface area contributed by atoms with E-state index >= 15 is 8.78 Å². The number of rotatable bonds is 5. The van der Waals surface area contributed by atoms with Gasteiger partial charge in [0.05, 0.1) is 22.8 Å². The maximum absolute atomic E-state index is 15.4. The van der Waals surface area contributed by atoms with Crippen LogP contribution in [-0.4, -0.2) is 33.5 Å². The Bertz CT molecular complexity index is 1340. The Morgan fingerprint density at radius 2 is 2.03 bits per heavy atom. The maximum Gasteiger partial charge on any atom is 0.332 e.